The molecule has 3 aromatic rings. The summed E-state index contributed by atoms with van der Waals surface area (Å²) in [6.07, 6.45) is 7.88. The highest BCUT2D eigenvalue weighted by atomic mass is 16.5. The highest BCUT2D eigenvalue weighted by Gasteiger charge is 2.26. The standard InChI is InChI=1S/C31H32O3/c1-21(2)34-26-12-13-27(29(17-26)32-19-22-8-6-5-7-9-22)25-16-23-10-11-24-18-31(3,4)15-14-28(24)30(23)33-20-25/h5-17,21H,18-20H2,1-4H3. The fourth-order valence-electron chi connectivity index (χ4n) is 4.63. The zero-order valence-electron chi connectivity index (χ0n) is 20.4. The van der Waals surface area contributed by atoms with E-state index in [-0.39, 0.29) is 11.5 Å². The molecular formula is C31H32O3. The summed E-state index contributed by atoms with van der Waals surface area (Å²) in [4.78, 5) is 0. The molecular weight excluding hydrogens is 420 g/mol. The Morgan fingerprint density at radius 2 is 1.82 bits per heavy atom. The molecule has 0 saturated carbocycles. The van der Waals surface area contributed by atoms with Crippen LogP contribution in [0.1, 0.15) is 55.5 Å². The van der Waals surface area contributed by atoms with E-state index >= 15 is 0 Å². The van der Waals surface area contributed by atoms with Gasteiger partial charge in [-0.2, -0.15) is 0 Å². The molecule has 34 heavy (non-hydrogen) atoms. The second-order valence-corrected chi connectivity index (χ2v) is 10.1. The first-order valence-corrected chi connectivity index (χ1v) is 12.0. The molecule has 0 saturated heterocycles. The van der Waals surface area contributed by atoms with Gasteiger partial charge in [0.25, 0.3) is 0 Å². The Hall–Kier alpha value is -3.46. The van der Waals surface area contributed by atoms with Crippen molar-refractivity contribution in [3.8, 4) is 17.2 Å². The molecule has 0 fully saturated rings. The minimum Gasteiger partial charge on any atom is -0.491 e. The Bertz CT molecular complexity index is 1250. The molecule has 5 rings (SSSR count). The number of benzene rings is 3. The van der Waals surface area contributed by atoms with Gasteiger partial charge in [-0.15, -0.1) is 0 Å². The van der Waals surface area contributed by atoms with Gasteiger partial charge in [0.2, 0.25) is 0 Å². The van der Waals surface area contributed by atoms with Crippen LogP contribution >= 0.6 is 0 Å². The smallest absolute Gasteiger partial charge is 0.134 e. The zero-order chi connectivity index (χ0) is 23.7. The van der Waals surface area contributed by atoms with Crippen LogP contribution in [0.4, 0.5) is 0 Å². The van der Waals surface area contributed by atoms with Gasteiger partial charge < -0.3 is 14.2 Å². The Morgan fingerprint density at radius 3 is 2.62 bits per heavy atom. The molecule has 0 aromatic heterocycles. The van der Waals surface area contributed by atoms with Crippen LogP contribution in [0.3, 0.4) is 0 Å². The minimum atomic E-state index is 0.0983. The van der Waals surface area contributed by atoms with Crippen LogP contribution in [0.5, 0.6) is 17.2 Å². The van der Waals surface area contributed by atoms with Gasteiger partial charge in [0, 0.05) is 28.3 Å². The largest absolute Gasteiger partial charge is 0.491 e. The van der Waals surface area contributed by atoms with Crippen molar-refractivity contribution >= 4 is 17.7 Å². The SMILES string of the molecule is CC(C)Oc1ccc(C2=Cc3ccc4c(c3OC2)C=CC(C)(C)C4)c(OCc2ccccc2)c1. The molecule has 174 valence electrons. The van der Waals surface area contributed by atoms with E-state index in [1.165, 1.54) is 11.1 Å². The quantitative estimate of drug-likeness (QED) is 0.386. The van der Waals surface area contributed by atoms with E-state index in [2.05, 4.69) is 62.4 Å². The minimum absolute atomic E-state index is 0.0983. The summed E-state index contributed by atoms with van der Waals surface area (Å²) in [5, 5.41) is 0. The van der Waals surface area contributed by atoms with E-state index in [0.717, 1.165) is 45.9 Å². The van der Waals surface area contributed by atoms with E-state index < -0.39 is 0 Å². The summed E-state index contributed by atoms with van der Waals surface area (Å²) in [7, 11) is 0. The second-order valence-electron chi connectivity index (χ2n) is 10.1. The van der Waals surface area contributed by atoms with Gasteiger partial charge in [0.1, 0.15) is 30.5 Å². The fraction of sp³-hybridized carbons (Fsp3) is 0.290. The first-order valence-electron chi connectivity index (χ1n) is 12.0. The summed E-state index contributed by atoms with van der Waals surface area (Å²) in [6, 6.07) is 20.7. The third-order valence-corrected chi connectivity index (χ3v) is 6.27. The van der Waals surface area contributed by atoms with E-state index in [9.17, 15) is 0 Å². The zero-order valence-corrected chi connectivity index (χ0v) is 20.4. The molecule has 0 N–H and O–H groups in total. The maximum atomic E-state index is 6.36. The highest BCUT2D eigenvalue weighted by Crippen LogP contribution is 2.42. The van der Waals surface area contributed by atoms with Gasteiger partial charge in [0.15, 0.2) is 0 Å². The van der Waals surface area contributed by atoms with Crippen molar-refractivity contribution in [3.63, 3.8) is 0 Å². The lowest BCUT2D eigenvalue weighted by Gasteiger charge is -2.29. The van der Waals surface area contributed by atoms with Crippen LogP contribution in [0.15, 0.2) is 66.7 Å². The molecule has 0 radical (unpaired) electrons. The Morgan fingerprint density at radius 1 is 1.00 bits per heavy atom. The Kier molecular flexibility index (Phi) is 5.95. The average molecular weight is 453 g/mol. The van der Waals surface area contributed by atoms with Crippen molar-refractivity contribution in [1.29, 1.82) is 0 Å². The molecule has 1 heterocycles. The number of ether oxygens (including phenoxy) is 3. The van der Waals surface area contributed by atoms with Crippen LogP contribution < -0.4 is 14.2 Å². The van der Waals surface area contributed by atoms with Crippen molar-refractivity contribution < 1.29 is 14.2 Å². The second kappa shape index (κ2) is 9.06. The van der Waals surface area contributed by atoms with Crippen LogP contribution in [-0.2, 0) is 13.0 Å². The average Bonchev–Trinajstić information content (AvgIpc) is 2.82. The van der Waals surface area contributed by atoms with Gasteiger partial charge in [-0.3, -0.25) is 0 Å². The van der Waals surface area contributed by atoms with Gasteiger partial charge in [-0.25, -0.2) is 0 Å². The number of hydrogen-bond acceptors (Lipinski definition) is 3. The molecule has 3 heteroatoms. The van der Waals surface area contributed by atoms with E-state index in [4.69, 9.17) is 14.2 Å². The molecule has 3 aromatic carbocycles. The van der Waals surface area contributed by atoms with Crippen molar-refractivity contribution in [2.24, 2.45) is 5.41 Å². The van der Waals surface area contributed by atoms with E-state index in [1.807, 2.05) is 44.2 Å². The van der Waals surface area contributed by atoms with Crippen molar-refractivity contribution in [2.45, 2.75) is 46.8 Å². The molecule has 0 unspecified atom stereocenters. The summed E-state index contributed by atoms with van der Waals surface area (Å²) in [6.45, 7) is 9.61. The molecule has 0 spiro atoms. The van der Waals surface area contributed by atoms with Gasteiger partial charge in [0.05, 0.1) is 6.10 Å². The Labute approximate surface area is 202 Å². The van der Waals surface area contributed by atoms with Crippen LogP contribution in [-0.4, -0.2) is 12.7 Å². The molecule has 0 amide bonds. The van der Waals surface area contributed by atoms with E-state index in [0.29, 0.717) is 13.2 Å². The van der Waals surface area contributed by atoms with Gasteiger partial charge >= 0.3 is 0 Å². The van der Waals surface area contributed by atoms with Crippen molar-refractivity contribution in [1.82, 2.24) is 0 Å². The molecule has 2 aliphatic rings. The molecule has 1 aliphatic heterocycles. The van der Waals surface area contributed by atoms with Gasteiger partial charge in [-0.05, 0) is 55.0 Å². The third kappa shape index (κ3) is 4.75. The molecule has 0 bridgehead atoms. The summed E-state index contributed by atoms with van der Waals surface area (Å²) in [5.41, 5.74) is 7.13. The number of allylic oxidation sites excluding steroid dienone is 1. The maximum absolute atomic E-state index is 6.36. The normalized spacial score (nSPS) is 15.7. The lowest BCUT2D eigenvalue weighted by molar-refractivity contribution is 0.239. The predicted molar refractivity (Wildman–Crippen MR) is 139 cm³/mol. The number of hydrogen-bond donors (Lipinski definition) is 0. The lowest BCUT2D eigenvalue weighted by atomic mass is 9.78. The molecule has 3 nitrogen and oxygen atoms in total. The first kappa shape index (κ1) is 22.3. The van der Waals surface area contributed by atoms with Crippen LogP contribution in [0, 0.1) is 5.41 Å². The first-order chi connectivity index (χ1) is 16.4. The van der Waals surface area contributed by atoms with E-state index in [1.54, 1.807) is 0 Å². The Balaban J connectivity index is 1.49. The lowest BCUT2D eigenvalue weighted by Crippen LogP contribution is -2.17. The number of fused-ring (bicyclic) bond motifs is 3. The molecule has 1 aliphatic carbocycles. The maximum Gasteiger partial charge on any atom is 0.134 e. The topological polar surface area (TPSA) is 27.7 Å². The number of rotatable bonds is 6. The summed E-state index contributed by atoms with van der Waals surface area (Å²) >= 11 is 0. The molecule has 0 atom stereocenters. The highest BCUT2D eigenvalue weighted by molar-refractivity contribution is 5.89. The predicted octanol–water partition coefficient (Wildman–Crippen LogP) is 7.58. The third-order valence-electron chi connectivity index (χ3n) is 6.27. The van der Waals surface area contributed by atoms with Crippen molar-refractivity contribution in [3.05, 3.63) is 94.6 Å². The fourth-order valence-corrected chi connectivity index (χ4v) is 4.63. The van der Waals surface area contributed by atoms with Crippen molar-refractivity contribution in [2.75, 3.05) is 6.61 Å². The monoisotopic (exact) mass is 452 g/mol. The van der Waals surface area contributed by atoms with Crippen LogP contribution in [0.2, 0.25) is 0 Å². The summed E-state index contributed by atoms with van der Waals surface area (Å²) in [5.74, 6) is 2.60. The summed E-state index contributed by atoms with van der Waals surface area (Å²) < 4.78 is 18.6. The van der Waals surface area contributed by atoms with Gasteiger partial charge in [-0.1, -0.05) is 68.5 Å². The van der Waals surface area contributed by atoms with Crippen LogP contribution in [0.25, 0.3) is 17.7 Å².